The molecule has 3 unspecified atom stereocenters. The zero-order valence-electron chi connectivity index (χ0n) is 17.2. The molecule has 2 fully saturated rings. The first kappa shape index (κ1) is 20.4. The summed E-state index contributed by atoms with van der Waals surface area (Å²) in [6, 6.07) is 14.9. The van der Waals surface area contributed by atoms with Crippen molar-refractivity contribution in [3.8, 4) is 5.75 Å². The van der Waals surface area contributed by atoms with Crippen LogP contribution in [0.2, 0.25) is 5.02 Å². The molecule has 0 aliphatic heterocycles. The number of hydrogen-bond acceptors (Lipinski definition) is 5. The average Bonchev–Trinajstić information content (AvgIpc) is 3.28. The highest BCUT2D eigenvalue weighted by atomic mass is 35.5. The van der Waals surface area contributed by atoms with Crippen LogP contribution in [0.4, 0.5) is 0 Å². The predicted octanol–water partition coefficient (Wildman–Crippen LogP) is 4.96. The zero-order valence-corrected chi connectivity index (χ0v) is 17.9. The molecule has 5 rings (SSSR count). The summed E-state index contributed by atoms with van der Waals surface area (Å²) in [5.74, 6) is 2.77. The Balaban J connectivity index is 1.21. The summed E-state index contributed by atoms with van der Waals surface area (Å²) in [6.07, 6.45) is 4.99. The van der Waals surface area contributed by atoms with Crippen LogP contribution in [0.25, 0.3) is 10.9 Å². The van der Waals surface area contributed by atoms with E-state index in [9.17, 15) is 9.90 Å². The largest absolute Gasteiger partial charge is 0.488 e. The van der Waals surface area contributed by atoms with Crippen molar-refractivity contribution in [3.63, 3.8) is 0 Å². The molecule has 0 spiro atoms. The third kappa shape index (κ3) is 4.17. The number of Topliss-reactive ketones (excluding diaryl/α,β-unsaturated/α-hetero) is 1. The van der Waals surface area contributed by atoms with Crippen LogP contribution in [0, 0.1) is 23.7 Å². The number of carbonyl (C=O) groups is 1. The average molecular weight is 437 g/mol. The van der Waals surface area contributed by atoms with E-state index in [4.69, 9.17) is 16.3 Å². The summed E-state index contributed by atoms with van der Waals surface area (Å²) in [5.41, 5.74) is 1.53. The van der Waals surface area contributed by atoms with Gasteiger partial charge in [-0.1, -0.05) is 23.7 Å². The lowest BCUT2D eigenvalue weighted by atomic mass is 9.87. The first-order valence-corrected chi connectivity index (χ1v) is 11.3. The van der Waals surface area contributed by atoms with Crippen LogP contribution in [0.15, 0.2) is 54.7 Å². The number of nitrogens with zero attached hydrogens (tertiary/aromatic N) is 2. The molecule has 0 amide bonds. The van der Waals surface area contributed by atoms with E-state index in [2.05, 4.69) is 10.2 Å². The van der Waals surface area contributed by atoms with Crippen molar-refractivity contribution in [2.75, 3.05) is 6.61 Å². The monoisotopic (exact) mass is 436 g/mol. The minimum Gasteiger partial charge on any atom is -0.488 e. The fourth-order valence-corrected chi connectivity index (χ4v) is 5.61. The molecule has 2 aliphatic carbocycles. The molecule has 1 N–H and O–H groups in total. The SMILES string of the molecule is O=C(CC(CCO)C1[C@H]2CC(Oc3cnnc4ccccc34)C[C@@H]12)c1ccc(Cl)cc1. The third-order valence-corrected chi connectivity index (χ3v) is 7.18. The number of aliphatic hydroxyl groups excluding tert-OH is 1. The molecule has 1 heterocycles. The van der Waals surface area contributed by atoms with Crippen molar-refractivity contribution in [1.82, 2.24) is 10.2 Å². The molecule has 2 aromatic carbocycles. The van der Waals surface area contributed by atoms with E-state index >= 15 is 0 Å². The molecule has 5 atom stereocenters. The molecule has 3 aromatic rings. The van der Waals surface area contributed by atoms with Crippen LogP contribution >= 0.6 is 11.6 Å². The highest BCUT2D eigenvalue weighted by molar-refractivity contribution is 6.30. The van der Waals surface area contributed by atoms with E-state index in [0.717, 1.165) is 29.5 Å². The topological polar surface area (TPSA) is 72.3 Å². The predicted molar refractivity (Wildman–Crippen MR) is 119 cm³/mol. The van der Waals surface area contributed by atoms with E-state index in [-0.39, 0.29) is 24.4 Å². The second kappa shape index (κ2) is 8.56. The van der Waals surface area contributed by atoms with Crippen molar-refractivity contribution in [2.45, 2.75) is 31.8 Å². The van der Waals surface area contributed by atoms with E-state index in [0.29, 0.717) is 41.2 Å². The molecule has 0 saturated heterocycles. The van der Waals surface area contributed by atoms with Gasteiger partial charge in [0, 0.05) is 29.0 Å². The Kier molecular flexibility index (Phi) is 5.63. The minimum absolute atomic E-state index is 0.114. The molecule has 2 aliphatic rings. The normalized spacial score (nSPS) is 25.2. The number of carbonyl (C=O) groups excluding carboxylic acids is 1. The molecule has 5 nitrogen and oxygen atoms in total. The van der Waals surface area contributed by atoms with Gasteiger partial charge < -0.3 is 9.84 Å². The quantitative estimate of drug-likeness (QED) is 0.505. The molecule has 0 radical (unpaired) electrons. The van der Waals surface area contributed by atoms with Crippen molar-refractivity contribution in [2.24, 2.45) is 23.7 Å². The van der Waals surface area contributed by atoms with E-state index in [1.807, 2.05) is 24.3 Å². The summed E-state index contributed by atoms with van der Waals surface area (Å²) in [4.78, 5) is 12.8. The summed E-state index contributed by atoms with van der Waals surface area (Å²) < 4.78 is 6.31. The fourth-order valence-electron chi connectivity index (χ4n) is 5.48. The summed E-state index contributed by atoms with van der Waals surface area (Å²) in [5, 5.41) is 19.4. The number of ketones is 1. The first-order chi connectivity index (χ1) is 15.1. The standard InChI is InChI=1S/C25H25ClN2O3/c26-17-7-5-15(6-8-17)23(30)11-16(9-10-29)25-20-12-18(13-21(20)25)31-24-14-27-28-22-4-2-1-3-19(22)24/h1-8,14,16,18,20-21,25,29H,9-13H2/t16?,18?,20-,21+,25?. The first-order valence-electron chi connectivity index (χ1n) is 10.9. The van der Waals surface area contributed by atoms with Crippen LogP contribution in [-0.4, -0.2) is 33.8 Å². The number of rotatable bonds is 8. The van der Waals surface area contributed by atoms with Crippen LogP contribution in [0.1, 0.15) is 36.0 Å². The third-order valence-electron chi connectivity index (χ3n) is 6.93. The highest BCUT2D eigenvalue weighted by Crippen LogP contribution is 2.62. The Hall–Kier alpha value is -2.50. The zero-order chi connectivity index (χ0) is 21.4. The minimum atomic E-state index is 0.114. The molecule has 6 heteroatoms. The Morgan fingerprint density at radius 1 is 1.13 bits per heavy atom. The van der Waals surface area contributed by atoms with Crippen LogP contribution in [0.3, 0.4) is 0 Å². The van der Waals surface area contributed by atoms with Crippen LogP contribution in [0.5, 0.6) is 5.75 Å². The van der Waals surface area contributed by atoms with Gasteiger partial charge in [0.15, 0.2) is 5.78 Å². The van der Waals surface area contributed by atoms with Gasteiger partial charge in [0.1, 0.15) is 5.75 Å². The lowest BCUT2D eigenvalue weighted by molar-refractivity contribution is 0.0935. The number of hydrogen-bond donors (Lipinski definition) is 1. The van der Waals surface area contributed by atoms with Crippen molar-refractivity contribution >= 4 is 28.3 Å². The molecular weight excluding hydrogens is 412 g/mol. The summed E-state index contributed by atoms with van der Waals surface area (Å²) in [7, 11) is 0. The van der Waals surface area contributed by atoms with Gasteiger partial charge in [0.05, 0.1) is 17.8 Å². The maximum Gasteiger partial charge on any atom is 0.163 e. The molecule has 1 aromatic heterocycles. The molecule has 160 valence electrons. The number of ether oxygens (including phenoxy) is 1. The molecular formula is C25H25ClN2O3. The molecule has 2 saturated carbocycles. The van der Waals surface area contributed by atoms with Gasteiger partial charge in [0.2, 0.25) is 0 Å². The number of benzene rings is 2. The lowest BCUT2D eigenvalue weighted by Gasteiger charge is -2.21. The van der Waals surface area contributed by atoms with E-state index in [1.54, 1.807) is 30.5 Å². The molecule has 31 heavy (non-hydrogen) atoms. The summed E-state index contributed by atoms with van der Waals surface area (Å²) in [6.45, 7) is 0.114. The second-order valence-corrected chi connectivity index (χ2v) is 9.19. The lowest BCUT2D eigenvalue weighted by Crippen LogP contribution is -2.20. The smallest absolute Gasteiger partial charge is 0.163 e. The van der Waals surface area contributed by atoms with Crippen LogP contribution in [-0.2, 0) is 0 Å². The fraction of sp³-hybridized carbons (Fsp3) is 0.400. The van der Waals surface area contributed by atoms with Crippen molar-refractivity contribution in [3.05, 3.63) is 65.3 Å². The maximum absolute atomic E-state index is 12.8. The van der Waals surface area contributed by atoms with Gasteiger partial charge in [-0.2, -0.15) is 10.2 Å². The van der Waals surface area contributed by atoms with Gasteiger partial charge in [0.25, 0.3) is 0 Å². The van der Waals surface area contributed by atoms with Gasteiger partial charge in [-0.25, -0.2) is 0 Å². The Morgan fingerprint density at radius 3 is 2.61 bits per heavy atom. The molecule has 0 bridgehead atoms. The number of halogens is 1. The number of aliphatic hydroxyl groups is 1. The van der Waals surface area contributed by atoms with Gasteiger partial charge in [-0.3, -0.25) is 4.79 Å². The van der Waals surface area contributed by atoms with Crippen molar-refractivity contribution in [1.29, 1.82) is 0 Å². The van der Waals surface area contributed by atoms with Gasteiger partial charge >= 0.3 is 0 Å². The van der Waals surface area contributed by atoms with Gasteiger partial charge in [-0.15, -0.1) is 0 Å². The Bertz CT molecular complexity index is 1070. The van der Waals surface area contributed by atoms with E-state index < -0.39 is 0 Å². The maximum atomic E-state index is 12.8. The number of fused-ring (bicyclic) bond motifs is 2. The number of aromatic nitrogens is 2. The van der Waals surface area contributed by atoms with E-state index in [1.165, 1.54) is 0 Å². The second-order valence-electron chi connectivity index (χ2n) is 8.75. The van der Waals surface area contributed by atoms with Gasteiger partial charge in [-0.05, 0) is 79.3 Å². The Labute approximate surface area is 186 Å². The highest BCUT2D eigenvalue weighted by Gasteiger charge is 2.59. The van der Waals surface area contributed by atoms with Crippen molar-refractivity contribution < 1.29 is 14.6 Å². The van der Waals surface area contributed by atoms with Crippen LogP contribution < -0.4 is 4.74 Å². The Morgan fingerprint density at radius 2 is 1.87 bits per heavy atom. The summed E-state index contributed by atoms with van der Waals surface area (Å²) >= 11 is 5.94.